The van der Waals surface area contributed by atoms with E-state index < -0.39 is 0 Å². The first kappa shape index (κ1) is 12.9. The lowest BCUT2D eigenvalue weighted by atomic mass is 10.0. The van der Waals surface area contributed by atoms with Gasteiger partial charge in [0.1, 0.15) is 5.75 Å². The van der Waals surface area contributed by atoms with Gasteiger partial charge in [-0.15, -0.1) is 0 Å². The van der Waals surface area contributed by atoms with Crippen LogP contribution in [0.2, 0.25) is 0 Å². The van der Waals surface area contributed by atoms with E-state index in [0.717, 1.165) is 22.9 Å². The van der Waals surface area contributed by atoms with Gasteiger partial charge in [0.2, 0.25) is 0 Å². The summed E-state index contributed by atoms with van der Waals surface area (Å²) in [5.41, 5.74) is 3.22. The van der Waals surface area contributed by atoms with Crippen LogP contribution in [0, 0.1) is 0 Å². The van der Waals surface area contributed by atoms with Crippen molar-refractivity contribution in [3.8, 4) is 16.9 Å². The number of hydrogen-bond donors (Lipinski definition) is 0. The number of pyridine rings is 1. The molecular weight excluding hydrogens is 320 g/mol. The van der Waals surface area contributed by atoms with Crippen LogP contribution in [0.25, 0.3) is 16.6 Å². The van der Waals surface area contributed by atoms with E-state index in [-0.39, 0.29) is 0 Å². The summed E-state index contributed by atoms with van der Waals surface area (Å²) in [6, 6.07) is 9.43. The summed E-state index contributed by atoms with van der Waals surface area (Å²) < 4.78 is 7.75. The maximum Gasteiger partial charge on any atom is 0.151 e. The SMILES string of the molecule is COc1cc(Br)c(C=O)c(-c2cnn3ccccc23)c1. The molecule has 2 aromatic heterocycles. The van der Waals surface area contributed by atoms with Crippen LogP contribution in [0.4, 0.5) is 0 Å². The topological polar surface area (TPSA) is 43.6 Å². The Bertz CT molecular complexity index is 796. The number of carbonyl (C=O) groups excluding carboxylic acids is 1. The minimum Gasteiger partial charge on any atom is -0.497 e. The van der Waals surface area contributed by atoms with Gasteiger partial charge in [0.25, 0.3) is 0 Å². The van der Waals surface area contributed by atoms with Crippen molar-refractivity contribution >= 4 is 27.7 Å². The van der Waals surface area contributed by atoms with Gasteiger partial charge in [0.05, 0.1) is 18.8 Å². The maximum atomic E-state index is 11.4. The summed E-state index contributed by atoms with van der Waals surface area (Å²) in [4.78, 5) is 11.4. The molecule has 0 aliphatic rings. The molecule has 0 saturated carbocycles. The van der Waals surface area contributed by atoms with Crippen molar-refractivity contribution in [3.63, 3.8) is 0 Å². The zero-order valence-electron chi connectivity index (χ0n) is 10.7. The van der Waals surface area contributed by atoms with E-state index in [2.05, 4.69) is 21.0 Å². The fourth-order valence-electron chi connectivity index (χ4n) is 2.20. The normalized spacial score (nSPS) is 10.7. The Kier molecular flexibility index (Phi) is 3.28. The van der Waals surface area contributed by atoms with E-state index in [1.165, 1.54) is 0 Å². The van der Waals surface area contributed by atoms with Gasteiger partial charge in [0.15, 0.2) is 6.29 Å². The predicted octanol–water partition coefficient (Wildman–Crippen LogP) is 3.58. The second-order valence-corrected chi connectivity index (χ2v) is 5.13. The van der Waals surface area contributed by atoms with Crippen molar-refractivity contribution in [2.24, 2.45) is 0 Å². The van der Waals surface area contributed by atoms with Crippen LogP contribution >= 0.6 is 15.9 Å². The van der Waals surface area contributed by atoms with E-state index >= 15 is 0 Å². The molecule has 0 bridgehead atoms. The van der Waals surface area contributed by atoms with Crippen LogP contribution in [0.5, 0.6) is 5.75 Å². The molecule has 0 aliphatic carbocycles. The fourth-order valence-corrected chi connectivity index (χ4v) is 2.73. The predicted molar refractivity (Wildman–Crippen MR) is 80.3 cm³/mol. The fraction of sp³-hybridized carbons (Fsp3) is 0.0667. The van der Waals surface area contributed by atoms with Gasteiger partial charge in [-0.05, 0) is 40.2 Å². The van der Waals surface area contributed by atoms with Gasteiger partial charge in [0, 0.05) is 27.4 Å². The molecule has 100 valence electrons. The number of aldehydes is 1. The molecule has 0 unspecified atom stereocenters. The zero-order valence-corrected chi connectivity index (χ0v) is 12.3. The van der Waals surface area contributed by atoms with E-state index in [9.17, 15) is 4.79 Å². The van der Waals surface area contributed by atoms with Crippen LogP contribution in [0.3, 0.4) is 0 Å². The van der Waals surface area contributed by atoms with Crippen LogP contribution in [0.15, 0.2) is 47.2 Å². The summed E-state index contributed by atoms with van der Waals surface area (Å²) >= 11 is 3.41. The first-order chi connectivity index (χ1) is 9.74. The Labute approximate surface area is 124 Å². The molecule has 0 N–H and O–H groups in total. The summed E-state index contributed by atoms with van der Waals surface area (Å²) in [5.74, 6) is 0.688. The van der Waals surface area contributed by atoms with Crippen molar-refractivity contribution in [2.45, 2.75) is 0 Å². The van der Waals surface area contributed by atoms with Crippen LogP contribution in [-0.2, 0) is 0 Å². The molecule has 1 aromatic carbocycles. The quantitative estimate of drug-likeness (QED) is 0.689. The third-order valence-electron chi connectivity index (χ3n) is 3.17. The third-order valence-corrected chi connectivity index (χ3v) is 3.83. The first-order valence-corrected chi connectivity index (χ1v) is 6.79. The van der Waals surface area contributed by atoms with E-state index in [0.29, 0.717) is 15.8 Å². The van der Waals surface area contributed by atoms with Crippen molar-refractivity contribution in [1.82, 2.24) is 9.61 Å². The molecule has 0 atom stereocenters. The van der Waals surface area contributed by atoms with Crippen molar-refractivity contribution in [1.29, 1.82) is 0 Å². The minimum atomic E-state index is 0.588. The highest BCUT2D eigenvalue weighted by Crippen LogP contribution is 2.34. The van der Waals surface area contributed by atoms with Gasteiger partial charge in [-0.2, -0.15) is 5.10 Å². The van der Waals surface area contributed by atoms with Gasteiger partial charge in [-0.25, -0.2) is 4.52 Å². The lowest BCUT2D eigenvalue weighted by molar-refractivity contribution is 0.112. The van der Waals surface area contributed by atoms with Gasteiger partial charge >= 0.3 is 0 Å². The highest BCUT2D eigenvalue weighted by Gasteiger charge is 2.14. The monoisotopic (exact) mass is 330 g/mol. The van der Waals surface area contributed by atoms with Gasteiger partial charge in [-0.1, -0.05) is 6.07 Å². The first-order valence-electron chi connectivity index (χ1n) is 6.00. The third kappa shape index (κ3) is 2.00. The molecule has 4 nitrogen and oxygen atoms in total. The smallest absolute Gasteiger partial charge is 0.151 e. The Morgan fingerprint density at radius 1 is 1.30 bits per heavy atom. The van der Waals surface area contributed by atoms with E-state index in [1.807, 2.05) is 30.5 Å². The van der Waals surface area contributed by atoms with Gasteiger partial charge < -0.3 is 4.74 Å². The Balaban J connectivity index is 2.33. The van der Waals surface area contributed by atoms with Gasteiger partial charge in [-0.3, -0.25) is 4.79 Å². The lowest BCUT2D eigenvalue weighted by Crippen LogP contribution is -1.92. The molecule has 3 rings (SSSR count). The molecule has 2 heterocycles. The molecule has 5 heteroatoms. The molecule has 3 aromatic rings. The van der Waals surface area contributed by atoms with Crippen LogP contribution in [-0.4, -0.2) is 23.0 Å². The average Bonchev–Trinajstić information content (AvgIpc) is 2.90. The number of aromatic nitrogens is 2. The molecule has 0 radical (unpaired) electrons. The number of benzene rings is 1. The summed E-state index contributed by atoms with van der Waals surface area (Å²) in [6.45, 7) is 0. The zero-order chi connectivity index (χ0) is 14.1. The lowest BCUT2D eigenvalue weighted by Gasteiger charge is -2.09. The maximum absolute atomic E-state index is 11.4. The number of rotatable bonds is 3. The summed E-state index contributed by atoms with van der Waals surface area (Å²) in [5, 5.41) is 4.30. The Morgan fingerprint density at radius 2 is 2.15 bits per heavy atom. The molecule has 0 saturated heterocycles. The number of hydrogen-bond acceptors (Lipinski definition) is 3. The molecular formula is C15H11BrN2O2. The molecule has 0 spiro atoms. The largest absolute Gasteiger partial charge is 0.497 e. The van der Waals surface area contributed by atoms with Crippen molar-refractivity contribution in [2.75, 3.05) is 7.11 Å². The highest BCUT2D eigenvalue weighted by molar-refractivity contribution is 9.10. The number of nitrogens with zero attached hydrogens (tertiary/aromatic N) is 2. The van der Waals surface area contributed by atoms with Crippen LogP contribution < -0.4 is 4.74 Å². The molecule has 20 heavy (non-hydrogen) atoms. The molecule has 0 amide bonds. The standard InChI is InChI=1S/C15H11BrN2O2/c1-20-10-6-11(13(9-19)14(16)7-10)12-8-17-18-5-3-2-4-15(12)18/h2-9H,1H3. The van der Waals surface area contributed by atoms with Crippen molar-refractivity contribution in [3.05, 3.63) is 52.8 Å². The molecule has 0 aliphatic heterocycles. The number of carbonyl (C=O) groups is 1. The Hall–Kier alpha value is -2.14. The number of fused-ring (bicyclic) bond motifs is 1. The van der Waals surface area contributed by atoms with Crippen molar-refractivity contribution < 1.29 is 9.53 Å². The number of halogens is 1. The minimum absolute atomic E-state index is 0.588. The molecule has 0 fully saturated rings. The average molecular weight is 331 g/mol. The second-order valence-electron chi connectivity index (χ2n) is 4.28. The second kappa shape index (κ2) is 5.09. The summed E-state index contributed by atoms with van der Waals surface area (Å²) in [7, 11) is 1.60. The number of methoxy groups -OCH3 is 1. The highest BCUT2D eigenvalue weighted by atomic mass is 79.9. The number of ether oxygens (including phenoxy) is 1. The van der Waals surface area contributed by atoms with E-state index in [4.69, 9.17) is 4.74 Å². The van der Waals surface area contributed by atoms with Crippen LogP contribution in [0.1, 0.15) is 10.4 Å². The Morgan fingerprint density at radius 3 is 2.90 bits per heavy atom. The van der Waals surface area contributed by atoms with E-state index in [1.54, 1.807) is 23.9 Å². The summed E-state index contributed by atoms with van der Waals surface area (Å²) in [6.07, 6.45) is 4.46.